The Morgan fingerprint density at radius 3 is 2.45 bits per heavy atom. The van der Waals surface area contributed by atoms with Crippen LogP contribution in [0.15, 0.2) is 24.3 Å². The van der Waals surface area contributed by atoms with Gasteiger partial charge in [-0.05, 0) is 30.0 Å². The Hall–Kier alpha value is -2.04. The molecule has 1 heterocycles. The molecule has 0 radical (unpaired) electrons. The van der Waals surface area contributed by atoms with Gasteiger partial charge in [0.15, 0.2) is 0 Å². The number of carbonyl (C=O) groups excluding carboxylic acids is 1. The van der Waals surface area contributed by atoms with Crippen molar-refractivity contribution in [2.24, 2.45) is 5.92 Å². The van der Waals surface area contributed by atoms with Crippen LogP contribution in [0.5, 0.6) is 0 Å². The van der Waals surface area contributed by atoms with Gasteiger partial charge in [0.25, 0.3) is 0 Å². The molecule has 0 saturated carbocycles. The number of anilines is 1. The standard InChI is InChI=1S/C15H20N2O3/c1-10(2)11-3-5-13(6-4-11)16-15(20)17-8-7-12(9-17)14(18)19/h3-6,10,12H,7-9H2,1-2H3,(H,16,20)(H,18,19). The van der Waals surface area contributed by atoms with E-state index in [-0.39, 0.29) is 12.6 Å². The molecule has 1 aromatic carbocycles. The van der Waals surface area contributed by atoms with Crippen LogP contribution >= 0.6 is 0 Å². The summed E-state index contributed by atoms with van der Waals surface area (Å²) in [6.45, 7) is 5.01. The quantitative estimate of drug-likeness (QED) is 0.891. The lowest BCUT2D eigenvalue weighted by atomic mass is 10.0. The number of carbonyl (C=O) groups is 2. The molecule has 2 N–H and O–H groups in total. The van der Waals surface area contributed by atoms with Gasteiger partial charge in [-0.2, -0.15) is 0 Å². The maximum atomic E-state index is 12.0. The topological polar surface area (TPSA) is 69.6 Å². The third kappa shape index (κ3) is 3.29. The summed E-state index contributed by atoms with van der Waals surface area (Å²) in [6, 6.07) is 7.50. The summed E-state index contributed by atoms with van der Waals surface area (Å²) >= 11 is 0. The summed E-state index contributed by atoms with van der Waals surface area (Å²) < 4.78 is 0. The van der Waals surface area contributed by atoms with E-state index in [2.05, 4.69) is 19.2 Å². The van der Waals surface area contributed by atoms with Crippen LogP contribution < -0.4 is 5.32 Å². The number of likely N-dealkylation sites (tertiary alicyclic amines) is 1. The lowest BCUT2D eigenvalue weighted by Crippen LogP contribution is -2.33. The molecule has 0 aromatic heterocycles. The number of benzene rings is 1. The van der Waals surface area contributed by atoms with Gasteiger partial charge in [-0.3, -0.25) is 4.79 Å². The van der Waals surface area contributed by atoms with Crippen LogP contribution in [-0.2, 0) is 4.79 Å². The van der Waals surface area contributed by atoms with E-state index in [0.717, 1.165) is 5.69 Å². The van der Waals surface area contributed by atoms with Gasteiger partial charge in [-0.15, -0.1) is 0 Å². The number of aliphatic carboxylic acids is 1. The first kappa shape index (κ1) is 14.4. The Balaban J connectivity index is 1.93. The summed E-state index contributed by atoms with van der Waals surface area (Å²) in [4.78, 5) is 24.4. The molecule has 1 unspecified atom stereocenters. The van der Waals surface area contributed by atoms with Crippen molar-refractivity contribution in [1.29, 1.82) is 0 Å². The first-order chi connectivity index (χ1) is 9.47. The number of hydrogen-bond donors (Lipinski definition) is 2. The molecule has 108 valence electrons. The minimum absolute atomic E-state index is 0.231. The molecule has 2 amide bonds. The normalized spacial score (nSPS) is 18.4. The third-order valence-electron chi connectivity index (χ3n) is 3.65. The van der Waals surface area contributed by atoms with Crippen molar-refractivity contribution >= 4 is 17.7 Å². The molecule has 5 heteroatoms. The van der Waals surface area contributed by atoms with Crippen LogP contribution in [0.25, 0.3) is 0 Å². The van der Waals surface area contributed by atoms with Gasteiger partial charge in [0.05, 0.1) is 5.92 Å². The fourth-order valence-corrected chi connectivity index (χ4v) is 2.30. The van der Waals surface area contributed by atoms with E-state index in [0.29, 0.717) is 18.9 Å². The number of amides is 2. The number of rotatable bonds is 3. The first-order valence-corrected chi connectivity index (χ1v) is 6.86. The van der Waals surface area contributed by atoms with Gasteiger partial charge in [-0.25, -0.2) is 4.79 Å². The highest BCUT2D eigenvalue weighted by molar-refractivity contribution is 5.90. The highest BCUT2D eigenvalue weighted by atomic mass is 16.4. The van der Waals surface area contributed by atoms with E-state index in [1.165, 1.54) is 5.56 Å². The van der Waals surface area contributed by atoms with E-state index in [4.69, 9.17) is 5.11 Å². The fraction of sp³-hybridized carbons (Fsp3) is 0.467. The first-order valence-electron chi connectivity index (χ1n) is 6.86. The maximum absolute atomic E-state index is 12.0. The molecule has 1 saturated heterocycles. The molecule has 0 bridgehead atoms. The Kier molecular flexibility index (Phi) is 4.27. The van der Waals surface area contributed by atoms with E-state index in [1.807, 2.05) is 24.3 Å². The molecule has 5 nitrogen and oxygen atoms in total. The highest BCUT2D eigenvalue weighted by Crippen LogP contribution is 2.20. The second kappa shape index (κ2) is 5.94. The van der Waals surface area contributed by atoms with Gasteiger partial charge >= 0.3 is 12.0 Å². The van der Waals surface area contributed by atoms with Crippen LogP contribution in [0.4, 0.5) is 10.5 Å². The van der Waals surface area contributed by atoms with Crippen molar-refractivity contribution in [1.82, 2.24) is 4.90 Å². The average Bonchev–Trinajstić information content (AvgIpc) is 2.89. The number of nitrogens with zero attached hydrogens (tertiary/aromatic N) is 1. The van der Waals surface area contributed by atoms with Crippen LogP contribution in [-0.4, -0.2) is 35.1 Å². The van der Waals surface area contributed by atoms with Crippen molar-refractivity contribution in [3.63, 3.8) is 0 Å². The average molecular weight is 276 g/mol. The molecule has 1 atom stereocenters. The Bertz CT molecular complexity index is 496. The van der Waals surface area contributed by atoms with Gasteiger partial charge < -0.3 is 15.3 Å². The second-order valence-electron chi connectivity index (χ2n) is 5.48. The highest BCUT2D eigenvalue weighted by Gasteiger charge is 2.30. The van der Waals surface area contributed by atoms with Crippen LogP contribution in [0.3, 0.4) is 0 Å². The predicted molar refractivity (Wildman–Crippen MR) is 76.9 cm³/mol. The largest absolute Gasteiger partial charge is 0.481 e. The number of hydrogen-bond acceptors (Lipinski definition) is 2. The third-order valence-corrected chi connectivity index (χ3v) is 3.65. The van der Waals surface area contributed by atoms with E-state index >= 15 is 0 Å². The lowest BCUT2D eigenvalue weighted by Gasteiger charge is -2.17. The second-order valence-corrected chi connectivity index (χ2v) is 5.48. The van der Waals surface area contributed by atoms with Crippen molar-refractivity contribution in [2.75, 3.05) is 18.4 Å². The molecule has 2 rings (SSSR count). The van der Waals surface area contributed by atoms with Gasteiger partial charge in [-0.1, -0.05) is 26.0 Å². The zero-order valence-electron chi connectivity index (χ0n) is 11.8. The van der Waals surface area contributed by atoms with Crippen molar-refractivity contribution in [2.45, 2.75) is 26.2 Å². The summed E-state index contributed by atoms with van der Waals surface area (Å²) in [6.07, 6.45) is 0.523. The monoisotopic (exact) mass is 276 g/mol. The fourth-order valence-electron chi connectivity index (χ4n) is 2.30. The molecule has 0 aliphatic carbocycles. The van der Waals surface area contributed by atoms with Crippen LogP contribution in [0.1, 0.15) is 31.7 Å². The Morgan fingerprint density at radius 2 is 1.95 bits per heavy atom. The van der Waals surface area contributed by atoms with E-state index < -0.39 is 11.9 Å². The van der Waals surface area contributed by atoms with Gasteiger partial charge in [0.1, 0.15) is 0 Å². The minimum Gasteiger partial charge on any atom is -0.481 e. The molecule has 1 fully saturated rings. The molecular weight excluding hydrogens is 256 g/mol. The van der Waals surface area contributed by atoms with E-state index in [9.17, 15) is 9.59 Å². The Morgan fingerprint density at radius 1 is 1.30 bits per heavy atom. The van der Waals surface area contributed by atoms with Crippen molar-refractivity contribution < 1.29 is 14.7 Å². The zero-order valence-corrected chi connectivity index (χ0v) is 11.8. The van der Waals surface area contributed by atoms with Gasteiger partial charge in [0.2, 0.25) is 0 Å². The summed E-state index contributed by atoms with van der Waals surface area (Å²) in [5, 5.41) is 11.7. The summed E-state index contributed by atoms with van der Waals surface area (Å²) in [5.74, 6) is -0.819. The summed E-state index contributed by atoms with van der Waals surface area (Å²) in [5.41, 5.74) is 1.95. The van der Waals surface area contributed by atoms with Crippen molar-refractivity contribution in [3.05, 3.63) is 29.8 Å². The van der Waals surface area contributed by atoms with Crippen LogP contribution in [0, 0.1) is 5.92 Å². The van der Waals surface area contributed by atoms with E-state index in [1.54, 1.807) is 4.90 Å². The van der Waals surface area contributed by atoms with Crippen LogP contribution in [0.2, 0.25) is 0 Å². The molecule has 1 aliphatic rings. The molecule has 0 spiro atoms. The summed E-state index contributed by atoms with van der Waals surface area (Å²) in [7, 11) is 0. The van der Waals surface area contributed by atoms with Gasteiger partial charge in [0, 0.05) is 18.8 Å². The smallest absolute Gasteiger partial charge is 0.321 e. The molecule has 20 heavy (non-hydrogen) atoms. The minimum atomic E-state index is -0.832. The number of nitrogens with one attached hydrogen (secondary N) is 1. The molecule has 1 aromatic rings. The predicted octanol–water partition coefficient (Wildman–Crippen LogP) is 2.75. The SMILES string of the molecule is CC(C)c1ccc(NC(=O)N2CCC(C(=O)O)C2)cc1. The molecular formula is C15H20N2O3. The maximum Gasteiger partial charge on any atom is 0.321 e. The molecule has 1 aliphatic heterocycles. The number of carboxylic acids is 1. The number of carboxylic acid groups (broad SMARTS) is 1. The Labute approximate surface area is 118 Å². The number of urea groups is 1. The van der Waals surface area contributed by atoms with Crippen molar-refractivity contribution in [3.8, 4) is 0 Å². The zero-order chi connectivity index (χ0) is 14.7. The lowest BCUT2D eigenvalue weighted by molar-refractivity contribution is -0.141.